The van der Waals surface area contributed by atoms with Crippen LogP contribution in [0.25, 0.3) is 0 Å². The molecule has 4 heteroatoms. The monoisotopic (exact) mass is 254 g/mol. The predicted octanol–water partition coefficient (Wildman–Crippen LogP) is 3.18. The highest BCUT2D eigenvalue weighted by molar-refractivity contribution is 6.33. The van der Waals surface area contributed by atoms with Crippen LogP contribution in [-0.4, -0.2) is 23.9 Å². The number of carbonyl (C=O) groups is 1. The highest BCUT2D eigenvalue weighted by Crippen LogP contribution is 2.20. The fraction of sp³-hybridized carbons (Fsp3) is 0.462. The summed E-state index contributed by atoms with van der Waals surface area (Å²) in [7, 11) is 1.81. The van der Waals surface area contributed by atoms with Crippen LogP contribution < -0.4 is 5.73 Å². The Morgan fingerprint density at radius 3 is 2.71 bits per heavy atom. The largest absolute Gasteiger partial charge is 0.398 e. The Morgan fingerprint density at radius 2 is 2.18 bits per heavy atom. The maximum absolute atomic E-state index is 12.2. The Kier molecular flexibility index (Phi) is 4.82. The van der Waals surface area contributed by atoms with Gasteiger partial charge in [0, 0.05) is 18.7 Å². The first-order valence-electron chi connectivity index (χ1n) is 5.79. The molecule has 0 fully saturated rings. The SMILES string of the molecule is CCCC(C)N(C)C(=O)c1ccc(Cl)c(N)c1. The van der Waals surface area contributed by atoms with E-state index in [1.165, 1.54) is 0 Å². The summed E-state index contributed by atoms with van der Waals surface area (Å²) in [5.74, 6) is -0.0192. The van der Waals surface area contributed by atoms with E-state index in [2.05, 4.69) is 6.92 Å². The van der Waals surface area contributed by atoms with Crippen molar-refractivity contribution in [2.45, 2.75) is 32.7 Å². The number of amides is 1. The van der Waals surface area contributed by atoms with E-state index in [1.807, 2.05) is 14.0 Å². The molecule has 0 aliphatic carbocycles. The van der Waals surface area contributed by atoms with E-state index in [9.17, 15) is 4.79 Å². The number of carbonyl (C=O) groups excluding carboxylic acids is 1. The maximum Gasteiger partial charge on any atom is 0.253 e. The summed E-state index contributed by atoms with van der Waals surface area (Å²) < 4.78 is 0. The molecule has 0 bridgehead atoms. The van der Waals surface area contributed by atoms with Gasteiger partial charge in [0.15, 0.2) is 0 Å². The molecule has 0 heterocycles. The van der Waals surface area contributed by atoms with Crippen molar-refractivity contribution in [1.29, 1.82) is 0 Å². The first kappa shape index (κ1) is 13.8. The third kappa shape index (κ3) is 3.37. The number of nitrogens with zero attached hydrogens (tertiary/aromatic N) is 1. The second kappa shape index (κ2) is 5.92. The van der Waals surface area contributed by atoms with Crippen molar-refractivity contribution in [2.75, 3.05) is 12.8 Å². The van der Waals surface area contributed by atoms with Crippen molar-refractivity contribution in [3.8, 4) is 0 Å². The van der Waals surface area contributed by atoms with Gasteiger partial charge in [-0.05, 0) is 31.5 Å². The van der Waals surface area contributed by atoms with Gasteiger partial charge in [-0.25, -0.2) is 0 Å². The molecule has 1 aromatic carbocycles. The average molecular weight is 255 g/mol. The Balaban J connectivity index is 2.85. The van der Waals surface area contributed by atoms with E-state index in [0.29, 0.717) is 16.3 Å². The number of benzene rings is 1. The quantitative estimate of drug-likeness (QED) is 0.839. The zero-order valence-corrected chi connectivity index (χ0v) is 11.3. The van der Waals surface area contributed by atoms with Crippen molar-refractivity contribution >= 4 is 23.2 Å². The van der Waals surface area contributed by atoms with E-state index in [4.69, 9.17) is 17.3 Å². The smallest absolute Gasteiger partial charge is 0.253 e. The van der Waals surface area contributed by atoms with Gasteiger partial charge < -0.3 is 10.6 Å². The van der Waals surface area contributed by atoms with Crippen molar-refractivity contribution < 1.29 is 4.79 Å². The molecule has 1 amide bonds. The van der Waals surface area contributed by atoms with Crippen LogP contribution >= 0.6 is 11.6 Å². The van der Waals surface area contributed by atoms with Crippen molar-refractivity contribution in [2.24, 2.45) is 0 Å². The Bertz CT molecular complexity index is 406. The first-order chi connectivity index (χ1) is 7.97. The zero-order chi connectivity index (χ0) is 13.0. The van der Waals surface area contributed by atoms with Gasteiger partial charge in [0.1, 0.15) is 0 Å². The summed E-state index contributed by atoms with van der Waals surface area (Å²) in [6.45, 7) is 4.15. The van der Waals surface area contributed by atoms with Gasteiger partial charge in [0.05, 0.1) is 10.7 Å². The van der Waals surface area contributed by atoms with Crippen LogP contribution in [0.3, 0.4) is 0 Å². The number of nitrogens with two attached hydrogens (primary N) is 1. The molecule has 0 saturated heterocycles. The lowest BCUT2D eigenvalue weighted by Gasteiger charge is -2.24. The predicted molar refractivity (Wildman–Crippen MR) is 72.3 cm³/mol. The van der Waals surface area contributed by atoms with Gasteiger partial charge in [-0.2, -0.15) is 0 Å². The number of anilines is 1. The third-order valence-corrected chi connectivity index (χ3v) is 3.28. The average Bonchev–Trinajstić information content (AvgIpc) is 2.31. The summed E-state index contributed by atoms with van der Waals surface area (Å²) in [5.41, 5.74) is 6.71. The summed E-state index contributed by atoms with van der Waals surface area (Å²) in [6.07, 6.45) is 2.05. The maximum atomic E-state index is 12.2. The molecule has 0 saturated carbocycles. The second-order valence-electron chi connectivity index (χ2n) is 4.29. The van der Waals surface area contributed by atoms with Gasteiger partial charge in [-0.3, -0.25) is 4.79 Å². The number of hydrogen-bond donors (Lipinski definition) is 1. The van der Waals surface area contributed by atoms with E-state index in [1.54, 1.807) is 23.1 Å². The minimum atomic E-state index is -0.0192. The zero-order valence-electron chi connectivity index (χ0n) is 10.5. The second-order valence-corrected chi connectivity index (χ2v) is 4.70. The molecule has 1 rings (SSSR count). The normalized spacial score (nSPS) is 12.2. The molecule has 0 aliphatic heterocycles. The fourth-order valence-electron chi connectivity index (χ4n) is 1.69. The molecule has 0 spiro atoms. The first-order valence-corrected chi connectivity index (χ1v) is 6.17. The topological polar surface area (TPSA) is 46.3 Å². The Labute approximate surface area is 108 Å². The molecule has 17 heavy (non-hydrogen) atoms. The molecule has 0 radical (unpaired) electrons. The number of nitrogen functional groups attached to an aromatic ring is 1. The number of rotatable bonds is 4. The molecule has 0 aliphatic rings. The summed E-state index contributed by atoms with van der Waals surface area (Å²) >= 11 is 5.83. The molecule has 1 aromatic rings. The highest BCUT2D eigenvalue weighted by atomic mass is 35.5. The van der Waals surface area contributed by atoms with E-state index < -0.39 is 0 Å². The number of hydrogen-bond acceptors (Lipinski definition) is 2. The van der Waals surface area contributed by atoms with Crippen molar-refractivity contribution in [1.82, 2.24) is 4.90 Å². The molecule has 1 unspecified atom stereocenters. The minimum absolute atomic E-state index is 0.0192. The van der Waals surface area contributed by atoms with Crippen LogP contribution in [0.2, 0.25) is 5.02 Å². The van der Waals surface area contributed by atoms with Gasteiger partial charge in [0.25, 0.3) is 5.91 Å². The lowest BCUT2D eigenvalue weighted by atomic mass is 10.1. The van der Waals surface area contributed by atoms with Crippen LogP contribution in [0.4, 0.5) is 5.69 Å². The van der Waals surface area contributed by atoms with Crippen molar-refractivity contribution in [3.05, 3.63) is 28.8 Å². The molecular formula is C13H19ClN2O. The third-order valence-electron chi connectivity index (χ3n) is 2.93. The Morgan fingerprint density at radius 1 is 1.53 bits per heavy atom. The van der Waals surface area contributed by atoms with Gasteiger partial charge in [-0.1, -0.05) is 24.9 Å². The van der Waals surface area contributed by atoms with Gasteiger partial charge in [-0.15, -0.1) is 0 Å². The van der Waals surface area contributed by atoms with Crippen LogP contribution in [-0.2, 0) is 0 Å². The summed E-state index contributed by atoms with van der Waals surface area (Å²) in [6, 6.07) is 5.21. The van der Waals surface area contributed by atoms with E-state index in [-0.39, 0.29) is 11.9 Å². The fourth-order valence-corrected chi connectivity index (χ4v) is 1.81. The lowest BCUT2D eigenvalue weighted by Crippen LogP contribution is -2.34. The molecule has 94 valence electrons. The van der Waals surface area contributed by atoms with E-state index >= 15 is 0 Å². The highest BCUT2D eigenvalue weighted by Gasteiger charge is 2.17. The summed E-state index contributed by atoms with van der Waals surface area (Å²) in [5, 5.41) is 0.478. The lowest BCUT2D eigenvalue weighted by molar-refractivity contribution is 0.0737. The molecular weight excluding hydrogens is 236 g/mol. The van der Waals surface area contributed by atoms with Crippen molar-refractivity contribution in [3.63, 3.8) is 0 Å². The minimum Gasteiger partial charge on any atom is -0.398 e. The molecule has 3 nitrogen and oxygen atoms in total. The van der Waals surface area contributed by atoms with Gasteiger partial charge >= 0.3 is 0 Å². The molecule has 1 atom stereocenters. The van der Waals surface area contributed by atoms with Crippen LogP contribution in [0, 0.1) is 0 Å². The van der Waals surface area contributed by atoms with Gasteiger partial charge in [0.2, 0.25) is 0 Å². The molecule has 0 aromatic heterocycles. The number of halogens is 1. The van der Waals surface area contributed by atoms with Crippen LogP contribution in [0.1, 0.15) is 37.0 Å². The Hall–Kier alpha value is -1.22. The summed E-state index contributed by atoms with van der Waals surface area (Å²) in [4.78, 5) is 13.9. The molecule has 2 N–H and O–H groups in total. The standard InChI is InChI=1S/C13H19ClN2O/c1-4-5-9(2)16(3)13(17)10-6-7-11(14)12(15)8-10/h6-9H,4-5,15H2,1-3H3. The van der Waals surface area contributed by atoms with Crippen LogP contribution in [0.15, 0.2) is 18.2 Å². The van der Waals surface area contributed by atoms with E-state index in [0.717, 1.165) is 12.8 Å². The van der Waals surface area contributed by atoms with Crippen LogP contribution in [0.5, 0.6) is 0 Å².